The monoisotopic (exact) mass is 340 g/mol. The minimum Gasteiger partial charge on any atom is -0.322 e. The average Bonchev–Trinajstić information content (AvgIpc) is 2.64. The highest BCUT2D eigenvalue weighted by Crippen LogP contribution is 2.25. The number of rotatable bonds is 5. The lowest BCUT2D eigenvalue weighted by Crippen LogP contribution is -2.33. The Kier molecular flexibility index (Phi) is 5.82. The predicted molar refractivity (Wildman–Crippen MR) is 99.1 cm³/mol. The second-order valence-electron chi connectivity index (χ2n) is 6.83. The molecule has 2 aromatic carbocycles. The Hall–Kier alpha value is -2.20. The van der Waals surface area contributed by atoms with E-state index in [1.54, 1.807) is 12.1 Å². The molecule has 132 valence electrons. The van der Waals surface area contributed by atoms with E-state index < -0.39 is 5.82 Å². The fourth-order valence-corrected chi connectivity index (χ4v) is 3.52. The van der Waals surface area contributed by atoms with Gasteiger partial charge in [-0.3, -0.25) is 9.69 Å². The van der Waals surface area contributed by atoms with Crippen LogP contribution in [0.5, 0.6) is 0 Å². The lowest BCUT2D eigenvalue weighted by molar-refractivity contribution is 0.102. The Morgan fingerprint density at radius 3 is 2.64 bits per heavy atom. The normalized spacial score (nSPS) is 15.3. The van der Waals surface area contributed by atoms with Crippen LogP contribution in [0, 0.1) is 5.82 Å². The first-order valence-corrected chi connectivity index (χ1v) is 8.98. The highest BCUT2D eigenvalue weighted by Gasteiger charge is 2.19. The van der Waals surface area contributed by atoms with Crippen LogP contribution in [-0.4, -0.2) is 23.9 Å². The van der Waals surface area contributed by atoms with E-state index in [1.807, 2.05) is 24.3 Å². The van der Waals surface area contributed by atoms with Crippen LogP contribution in [-0.2, 0) is 6.54 Å². The van der Waals surface area contributed by atoms with Crippen molar-refractivity contribution in [3.05, 3.63) is 65.5 Å². The molecule has 0 bridgehead atoms. The Morgan fingerprint density at radius 1 is 1.12 bits per heavy atom. The van der Waals surface area contributed by atoms with Gasteiger partial charge in [0.2, 0.25) is 0 Å². The standard InChI is InChI=1S/C21H25FN2O/c1-24(19-11-3-2-4-12-19)15-17-8-5-6-13-20(17)23-21(25)16-9-7-10-18(22)14-16/h5-10,13-14,19H,2-4,11-12,15H2,1H3,(H,23,25). The molecule has 1 aliphatic rings. The molecule has 0 unspecified atom stereocenters. The summed E-state index contributed by atoms with van der Waals surface area (Å²) in [7, 11) is 2.15. The molecule has 0 spiro atoms. The molecule has 3 rings (SSSR count). The van der Waals surface area contributed by atoms with Gasteiger partial charge in [0, 0.05) is 23.8 Å². The van der Waals surface area contributed by atoms with Crippen molar-refractivity contribution < 1.29 is 9.18 Å². The number of nitrogens with one attached hydrogen (secondary N) is 1. The zero-order valence-corrected chi connectivity index (χ0v) is 14.7. The summed E-state index contributed by atoms with van der Waals surface area (Å²) in [6.07, 6.45) is 6.42. The number of nitrogens with zero attached hydrogens (tertiary/aromatic N) is 1. The molecule has 1 fully saturated rings. The number of para-hydroxylation sites is 1. The molecular formula is C21H25FN2O. The lowest BCUT2D eigenvalue weighted by Gasteiger charge is -2.31. The first-order chi connectivity index (χ1) is 12.1. The van der Waals surface area contributed by atoms with Crippen LogP contribution in [0.1, 0.15) is 48.0 Å². The van der Waals surface area contributed by atoms with Crippen LogP contribution in [0.25, 0.3) is 0 Å². The van der Waals surface area contributed by atoms with Gasteiger partial charge in [0.15, 0.2) is 0 Å². The summed E-state index contributed by atoms with van der Waals surface area (Å²) in [5.74, 6) is -0.690. The van der Waals surface area contributed by atoms with Gasteiger partial charge in [-0.2, -0.15) is 0 Å². The summed E-state index contributed by atoms with van der Waals surface area (Å²) in [5.41, 5.74) is 2.20. The maximum atomic E-state index is 13.3. The molecule has 1 N–H and O–H groups in total. The van der Waals surface area contributed by atoms with Crippen LogP contribution in [0.2, 0.25) is 0 Å². The predicted octanol–water partition coefficient (Wildman–Crippen LogP) is 4.84. The van der Waals surface area contributed by atoms with Crippen molar-refractivity contribution in [3.63, 3.8) is 0 Å². The van der Waals surface area contributed by atoms with Gasteiger partial charge in [0.05, 0.1) is 0 Å². The maximum absolute atomic E-state index is 13.3. The van der Waals surface area contributed by atoms with Crippen molar-refractivity contribution in [1.82, 2.24) is 4.90 Å². The molecule has 1 aliphatic carbocycles. The van der Waals surface area contributed by atoms with Crippen molar-refractivity contribution in [2.45, 2.75) is 44.7 Å². The van der Waals surface area contributed by atoms with Gasteiger partial charge < -0.3 is 5.32 Å². The second kappa shape index (κ2) is 8.26. The van der Waals surface area contributed by atoms with Gasteiger partial charge >= 0.3 is 0 Å². The van der Waals surface area contributed by atoms with Gasteiger partial charge in [0.1, 0.15) is 5.82 Å². The van der Waals surface area contributed by atoms with E-state index in [4.69, 9.17) is 0 Å². The highest BCUT2D eigenvalue weighted by atomic mass is 19.1. The molecule has 0 atom stereocenters. The molecule has 3 nitrogen and oxygen atoms in total. The van der Waals surface area contributed by atoms with E-state index in [2.05, 4.69) is 17.3 Å². The number of halogens is 1. The maximum Gasteiger partial charge on any atom is 0.255 e. The van der Waals surface area contributed by atoms with E-state index in [-0.39, 0.29) is 5.91 Å². The van der Waals surface area contributed by atoms with Gasteiger partial charge in [-0.05, 0) is 49.7 Å². The van der Waals surface area contributed by atoms with Crippen molar-refractivity contribution in [2.24, 2.45) is 0 Å². The molecule has 0 heterocycles. The minimum absolute atomic E-state index is 0.285. The van der Waals surface area contributed by atoms with E-state index in [0.29, 0.717) is 11.6 Å². The SMILES string of the molecule is CN(Cc1ccccc1NC(=O)c1cccc(F)c1)C1CCCCC1. The first-order valence-electron chi connectivity index (χ1n) is 8.98. The number of benzene rings is 2. The van der Waals surface area contributed by atoms with E-state index in [9.17, 15) is 9.18 Å². The van der Waals surface area contributed by atoms with Crippen molar-refractivity contribution >= 4 is 11.6 Å². The number of carbonyl (C=O) groups is 1. The fourth-order valence-electron chi connectivity index (χ4n) is 3.52. The second-order valence-corrected chi connectivity index (χ2v) is 6.83. The fraction of sp³-hybridized carbons (Fsp3) is 0.381. The number of hydrogen-bond acceptors (Lipinski definition) is 2. The Balaban J connectivity index is 1.71. The smallest absolute Gasteiger partial charge is 0.255 e. The first kappa shape index (κ1) is 17.6. The van der Waals surface area contributed by atoms with E-state index >= 15 is 0 Å². The van der Waals surface area contributed by atoms with Crippen LogP contribution in [0.3, 0.4) is 0 Å². The van der Waals surface area contributed by atoms with E-state index in [1.165, 1.54) is 44.2 Å². The van der Waals surface area contributed by atoms with E-state index in [0.717, 1.165) is 17.8 Å². The molecule has 0 aromatic heterocycles. The molecule has 25 heavy (non-hydrogen) atoms. The minimum atomic E-state index is -0.405. The van der Waals surface area contributed by atoms with Crippen LogP contribution < -0.4 is 5.32 Å². The lowest BCUT2D eigenvalue weighted by atomic mass is 9.94. The Morgan fingerprint density at radius 2 is 1.88 bits per heavy atom. The number of hydrogen-bond donors (Lipinski definition) is 1. The van der Waals surface area contributed by atoms with Crippen molar-refractivity contribution in [2.75, 3.05) is 12.4 Å². The summed E-state index contributed by atoms with van der Waals surface area (Å²) in [5, 5.41) is 2.93. The largest absolute Gasteiger partial charge is 0.322 e. The van der Waals surface area contributed by atoms with Crippen LogP contribution in [0.4, 0.5) is 10.1 Å². The Labute approximate surface area is 148 Å². The van der Waals surface area contributed by atoms with Gasteiger partial charge in [-0.25, -0.2) is 4.39 Å². The molecule has 0 radical (unpaired) electrons. The van der Waals surface area contributed by atoms with Gasteiger partial charge in [-0.15, -0.1) is 0 Å². The third-order valence-electron chi connectivity index (χ3n) is 4.97. The highest BCUT2D eigenvalue weighted by molar-refractivity contribution is 6.04. The molecule has 0 saturated heterocycles. The zero-order chi connectivity index (χ0) is 17.6. The van der Waals surface area contributed by atoms with Crippen molar-refractivity contribution in [3.8, 4) is 0 Å². The third kappa shape index (κ3) is 4.67. The Bertz CT molecular complexity index is 725. The summed E-state index contributed by atoms with van der Waals surface area (Å²) in [6.45, 7) is 0.796. The van der Waals surface area contributed by atoms with Crippen molar-refractivity contribution in [1.29, 1.82) is 0 Å². The number of anilines is 1. The quantitative estimate of drug-likeness (QED) is 0.844. The molecule has 1 saturated carbocycles. The summed E-state index contributed by atoms with van der Waals surface area (Å²) >= 11 is 0. The summed E-state index contributed by atoms with van der Waals surface area (Å²) in [4.78, 5) is 14.8. The number of amides is 1. The van der Waals surface area contributed by atoms with Crippen LogP contribution >= 0.6 is 0 Å². The average molecular weight is 340 g/mol. The molecule has 0 aliphatic heterocycles. The molecular weight excluding hydrogens is 315 g/mol. The third-order valence-corrected chi connectivity index (χ3v) is 4.97. The van der Waals surface area contributed by atoms with Gasteiger partial charge in [-0.1, -0.05) is 43.5 Å². The topological polar surface area (TPSA) is 32.3 Å². The molecule has 2 aromatic rings. The summed E-state index contributed by atoms with van der Waals surface area (Å²) < 4.78 is 13.3. The van der Waals surface area contributed by atoms with Crippen LogP contribution in [0.15, 0.2) is 48.5 Å². The molecule has 4 heteroatoms. The molecule has 1 amide bonds. The summed E-state index contributed by atoms with van der Waals surface area (Å²) in [6, 6.07) is 14.2. The number of carbonyl (C=O) groups excluding carboxylic acids is 1. The zero-order valence-electron chi connectivity index (χ0n) is 14.7. The van der Waals surface area contributed by atoms with Gasteiger partial charge in [0.25, 0.3) is 5.91 Å².